The molecule has 2 aromatic rings. The van der Waals surface area contributed by atoms with Gasteiger partial charge in [0.25, 0.3) is 0 Å². The largest absolute Gasteiger partial charge is 0.462 e. The van der Waals surface area contributed by atoms with E-state index in [1.807, 2.05) is 12.1 Å². The lowest BCUT2D eigenvalue weighted by molar-refractivity contribution is -0.125. The van der Waals surface area contributed by atoms with Crippen molar-refractivity contribution in [3.8, 4) is 0 Å². The number of aliphatic hydroxyl groups is 1. The number of aliphatic hydroxyl groups excluding tert-OH is 1. The molecule has 1 saturated carbocycles. The maximum absolute atomic E-state index is 12.3. The average Bonchev–Trinajstić information content (AvgIpc) is 3.31. The number of rotatable bonds is 7. The van der Waals surface area contributed by atoms with Gasteiger partial charge < -0.3 is 19.4 Å². The quantitative estimate of drug-likeness (QED) is 0.733. The monoisotopic (exact) mass is 401 g/mol. The molecule has 0 radical (unpaired) electrons. The van der Waals surface area contributed by atoms with E-state index in [0.717, 1.165) is 62.9 Å². The molecule has 158 valence electrons. The highest BCUT2D eigenvalue weighted by Crippen LogP contribution is 2.23. The van der Waals surface area contributed by atoms with Crippen LogP contribution in [-0.2, 0) is 37.3 Å². The minimum atomic E-state index is -0.0678. The molecule has 1 aliphatic heterocycles. The molecule has 1 amide bonds. The van der Waals surface area contributed by atoms with Gasteiger partial charge in [-0.3, -0.25) is 9.69 Å². The Morgan fingerprint density at radius 3 is 2.76 bits per heavy atom. The van der Waals surface area contributed by atoms with Crippen molar-refractivity contribution < 1.29 is 14.3 Å². The SMILES string of the molecule is O=C(NCCc1nnc2n1CCN(Cc1ccc(CO)o1)CC2)C1CCCCC1. The summed E-state index contributed by atoms with van der Waals surface area (Å²) in [4.78, 5) is 14.7. The van der Waals surface area contributed by atoms with Gasteiger partial charge >= 0.3 is 0 Å². The van der Waals surface area contributed by atoms with E-state index in [4.69, 9.17) is 9.52 Å². The van der Waals surface area contributed by atoms with E-state index in [0.29, 0.717) is 18.7 Å². The second-order valence-electron chi connectivity index (χ2n) is 8.11. The molecule has 2 aliphatic rings. The van der Waals surface area contributed by atoms with Gasteiger partial charge in [0.1, 0.15) is 29.8 Å². The summed E-state index contributed by atoms with van der Waals surface area (Å²) in [6.07, 6.45) is 7.21. The number of nitrogens with one attached hydrogen (secondary N) is 1. The van der Waals surface area contributed by atoms with Gasteiger partial charge in [0.05, 0.1) is 6.54 Å². The highest BCUT2D eigenvalue weighted by Gasteiger charge is 2.22. The summed E-state index contributed by atoms with van der Waals surface area (Å²) in [7, 11) is 0. The molecule has 0 unspecified atom stereocenters. The smallest absolute Gasteiger partial charge is 0.223 e. The van der Waals surface area contributed by atoms with Crippen LogP contribution in [0.1, 0.15) is 55.3 Å². The van der Waals surface area contributed by atoms with Gasteiger partial charge in [0, 0.05) is 44.9 Å². The van der Waals surface area contributed by atoms with Crippen LogP contribution in [0, 0.1) is 5.92 Å². The van der Waals surface area contributed by atoms with Gasteiger partial charge in [-0.05, 0) is 25.0 Å². The van der Waals surface area contributed by atoms with Crippen LogP contribution in [0.4, 0.5) is 0 Å². The van der Waals surface area contributed by atoms with Crippen LogP contribution < -0.4 is 5.32 Å². The number of furan rings is 1. The Kier molecular flexibility index (Phi) is 6.61. The lowest BCUT2D eigenvalue weighted by Crippen LogP contribution is -2.33. The van der Waals surface area contributed by atoms with Crippen molar-refractivity contribution in [2.75, 3.05) is 19.6 Å². The predicted octanol–water partition coefficient (Wildman–Crippen LogP) is 1.66. The minimum Gasteiger partial charge on any atom is -0.462 e. The molecule has 0 bridgehead atoms. The Balaban J connectivity index is 1.27. The molecule has 3 heterocycles. The van der Waals surface area contributed by atoms with Gasteiger partial charge in [-0.25, -0.2) is 0 Å². The van der Waals surface area contributed by atoms with Crippen LogP contribution >= 0.6 is 0 Å². The van der Waals surface area contributed by atoms with Crippen molar-refractivity contribution in [3.63, 3.8) is 0 Å². The van der Waals surface area contributed by atoms with Gasteiger partial charge in [-0.2, -0.15) is 0 Å². The van der Waals surface area contributed by atoms with Gasteiger partial charge in [0.2, 0.25) is 5.91 Å². The van der Waals surface area contributed by atoms with Crippen molar-refractivity contribution in [2.24, 2.45) is 5.92 Å². The van der Waals surface area contributed by atoms with Crippen molar-refractivity contribution in [2.45, 2.75) is 64.6 Å². The Bertz CT molecular complexity index is 809. The fraction of sp³-hybridized carbons (Fsp3) is 0.667. The van der Waals surface area contributed by atoms with Crippen LogP contribution in [0.3, 0.4) is 0 Å². The van der Waals surface area contributed by atoms with Gasteiger partial charge in [-0.15, -0.1) is 10.2 Å². The highest BCUT2D eigenvalue weighted by atomic mass is 16.4. The molecular formula is C21H31N5O3. The molecule has 0 spiro atoms. The average molecular weight is 402 g/mol. The minimum absolute atomic E-state index is 0.0678. The molecule has 4 rings (SSSR count). The summed E-state index contributed by atoms with van der Waals surface area (Å²) in [5.74, 6) is 3.83. The lowest BCUT2D eigenvalue weighted by Gasteiger charge is -2.20. The third-order valence-corrected chi connectivity index (χ3v) is 6.07. The molecule has 8 heteroatoms. The zero-order valence-electron chi connectivity index (χ0n) is 17.0. The van der Waals surface area contributed by atoms with E-state index < -0.39 is 0 Å². The van der Waals surface area contributed by atoms with E-state index in [1.165, 1.54) is 19.3 Å². The molecule has 0 saturated heterocycles. The van der Waals surface area contributed by atoms with E-state index in [-0.39, 0.29) is 18.4 Å². The number of carbonyl (C=O) groups excluding carboxylic acids is 1. The first-order valence-electron chi connectivity index (χ1n) is 10.8. The highest BCUT2D eigenvalue weighted by molar-refractivity contribution is 5.78. The van der Waals surface area contributed by atoms with Crippen molar-refractivity contribution >= 4 is 5.91 Å². The molecule has 0 aromatic carbocycles. The first-order valence-corrected chi connectivity index (χ1v) is 10.8. The van der Waals surface area contributed by atoms with Crippen LogP contribution in [0.2, 0.25) is 0 Å². The summed E-state index contributed by atoms with van der Waals surface area (Å²) in [5, 5.41) is 21.0. The fourth-order valence-corrected chi connectivity index (χ4v) is 4.39. The number of fused-ring (bicyclic) bond motifs is 1. The molecule has 2 N–H and O–H groups in total. The molecular weight excluding hydrogens is 370 g/mol. The second kappa shape index (κ2) is 9.54. The number of hydrogen-bond donors (Lipinski definition) is 2. The first kappa shape index (κ1) is 20.1. The molecule has 1 fully saturated rings. The van der Waals surface area contributed by atoms with Crippen molar-refractivity contribution in [1.82, 2.24) is 25.0 Å². The molecule has 1 aliphatic carbocycles. The van der Waals surface area contributed by atoms with Crippen LogP contribution in [-0.4, -0.2) is 50.3 Å². The van der Waals surface area contributed by atoms with Crippen molar-refractivity contribution in [1.29, 1.82) is 0 Å². The molecule has 8 nitrogen and oxygen atoms in total. The van der Waals surface area contributed by atoms with Gasteiger partial charge in [0.15, 0.2) is 0 Å². The normalized spacial score (nSPS) is 18.4. The maximum Gasteiger partial charge on any atom is 0.223 e. The summed E-state index contributed by atoms with van der Waals surface area (Å²) in [5.41, 5.74) is 0. The van der Waals surface area contributed by atoms with Crippen LogP contribution in [0.5, 0.6) is 0 Å². The number of nitrogens with zero attached hydrogens (tertiary/aromatic N) is 4. The number of hydrogen-bond acceptors (Lipinski definition) is 6. The third kappa shape index (κ3) is 5.05. The van der Waals surface area contributed by atoms with Crippen LogP contribution in [0.25, 0.3) is 0 Å². The number of carbonyl (C=O) groups is 1. The standard InChI is InChI=1S/C21H31N5O3/c27-15-18-7-6-17(29-18)14-25-11-9-20-24-23-19(26(20)13-12-25)8-10-22-21(28)16-4-2-1-3-5-16/h6-7,16,27H,1-5,8-15H2,(H,22,28). The van der Waals surface area contributed by atoms with E-state index in [9.17, 15) is 4.79 Å². The Labute approximate surface area is 171 Å². The molecule has 29 heavy (non-hydrogen) atoms. The Hall–Kier alpha value is -2.19. The van der Waals surface area contributed by atoms with E-state index in [1.54, 1.807) is 0 Å². The zero-order valence-corrected chi connectivity index (χ0v) is 17.0. The zero-order chi connectivity index (χ0) is 20.1. The Morgan fingerprint density at radius 1 is 1.14 bits per heavy atom. The number of amides is 1. The van der Waals surface area contributed by atoms with E-state index in [2.05, 4.69) is 25.0 Å². The second-order valence-corrected chi connectivity index (χ2v) is 8.11. The summed E-state index contributed by atoms with van der Waals surface area (Å²) in [6.45, 7) is 3.90. The maximum atomic E-state index is 12.3. The third-order valence-electron chi connectivity index (χ3n) is 6.07. The lowest BCUT2D eigenvalue weighted by atomic mass is 9.89. The fourth-order valence-electron chi connectivity index (χ4n) is 4.39. The van der Waals surface area contributed by atoms with Crippen molar-refractivity contribution in [3.05, 3.63) is 35.3 Å². The van der Waals surface area contributed by atoms with Gasteiger partial charge in [-0.1, -0.05) is 19.3 Å². The first-order chi connectivity index (χ1) is 14.2. The molecule has 2 aromatic heterocycles. The summed E-state index contributed by atoms with van der Waals surface area (Å²) in [6, 6.07) is 3.75. The summed E-state index contributed by atoms with van der Waals surface area (Å²) >= 11 is 0. The van der Waals surface area contributed by atoms with Crippen LogP contribution in [0.15, 0.2) is 16.5 Å². The predicted molar refractivity (Wildman–Crippen MR) is 107 cm³/mol. The topological polar surface area (TPSA) is 96.4 Å². The summed E-state index contributed by atoms with van der Waals surface area (Å²) < 4.78 is 7.82. The molecule has 0 atom stereocenters. The van der Waals surface area contributed by atoms with E-state index >= 15 is 0 Å². The number of aromatic nitrogens is 3. The Morgan fingerprint density at radius 2 is 1.97 bits per heavy atom.